The average Bonchev–Trinajstić information content (AvgIpc) is 2.40. The van der Waals surface area contributed by atoms with Gasteiger partial charge in [0.2, 0.25) is 5.91 Å². The molecule has 0 saturated heterocycles. The van der Waals surface area contributed by atoms with E-state index in [0.717, 1.165) is 11.3 Å². The Bertz CT molecular complexity index is 635. The molecular weight excluding hydrogens is 248 g/mol. The van der Waals surface area contributed by atoms with Gasteiger partial charge in [-0.2, -0.15) is 0 Å². The number of anilines is 1. The smallest absolute Gasteiger partial charge is 0.249 e. The molecule has 0 radical (unpaired) electrons. The molecule has 1 amide bonds. The second-order valence-electron chi connectivity index (χ2n) is 5.12. The topological polar surface area (TPSA) is 55.1 Å². The summed E-state index contributed by atoms with van der Waals surface area (Å²) < 4.78 is 0. The summed E-state index contributed by atoms with van der Waals surface area (Å²) in [5.41, 5.74) is 10.2. The average molecular weight is 268 g/mol. The molecule has 0 fully saturated rings. The molecule has 104 valence electrons. The first kappa shape index (κ1) is 14.1. The van der Waals surface area contributed by atoms with E-state index >= 15 is 0 Å². The first-order valence-corrected chi connectivity index (χ1v) is 6.71. The number of benzene rings is 2. The number of carbonyl (C=O) groups excluding carboxylic acids is 1. The molecule has 1 unspecified atom stereocenters. The molecule has 2 aromatic carbocycles. The van der Waals surface area contributed by atoms with E-state index in [1.807, 2.05) is 19.1 Å². The summed E-state index contributed by atoms with van der Waals surface area (Å²) in [5, 5.41) is 3.44. The van der Waals surface area contributed by atoms with Crippen LogP contribution in [0.15, 0.2) is 42.5 Å². The van der Waals surface area contributed by atoms with Crippen molar-refractivity contribution in [2.45, 2.75) is 26.8 Å². The molecule has 2 aromatic rings. The fourth-order valence-electron chi connectivity index (χ4n) is 2.31. The Hall–Kier alpha value is -2.29. The van der Waals surface area contributed by atoms with Crippen molar-refractivity contribution in [3.8, 4) is 0 Å². The molecule has 0 saturated carbocycles. The lowest BCUT2D eigenvalue weighted by atomic mass is 10.0. The molecule has 20 heavy (non-hydrogen) atoms. The van der Waals surface area contributed by atoms with E-state index in [0.29, 0.717) is 5.56 Å². The number of nitrogens with two attached hydrogens (primary N) is 1. The van der Waals surface area contributed by atoms with Crippen LogP contribution >= 0.6 is 0 Å². The number of rotatable bonds is 4. The van der Waals surface area contributed by atoms with Gasteiger partial charge >= 0.3 is 0 Å². The van der Waals surface area contributed by atoms with E-state index in [4.69, 9.17) is 5.73 Å². The summed E-state index contributed by atoms with van der Waals surface area (Å²) in [5.74, 6) is -0.394. The van der Waals surface area contributed by atoms with Gasteiger partial charge in [0, 0.05) is 17.3 Å². The van der Waals surface area contributed by atoms with Crippen LogP contribution in [0.2, 0.25) is 0 Å². The van der Waals surface area contributed by atoms with Crippen LogP contribution in [0, 0.1) is 13.8 Å². The highest BCUT2D eigenvalue weighted by molar-refractivity contribution is 5.95. The molecule has 3 heteroatoms. The lowest BCUT2D eigenvalue weighted by Gasteiger charge is -2.19. The number of hydrogen-bond acceptors (Lipinski definition) is 2. The maximum atomic E-state index is 11.4. The summed E-state index contributed by atoms with van der Waals surface area (Å²) in [6.45, 7) is 6.09. The molecule has 2 rings (SSSR count). The van der Waals surface area contributed by atoms with Crippen LogP contribution in [0.4, 0.5) is 5.69 Å². The number of carbonyl (C=O) groups is 1. The molecule has 3 N–H and O–H groups in total. The first-order chi connectivity index (χ1) is 9.49. The highest BCUT2D eigenvalue weighted by atomic mass is 16.1. The van der Waals surface area contributed by atoms with E-state index in [1.165, 1.54) is 11.1 Å². The van der Waals surface area contributed by atoms with Gasteiger partial charge in [-0.1, -0.05) is 35.9 Å². The fraction of sp³-hybridized carbons (Fsp3) is 0.235. The van der Waals surface area contributed by atoms with Gasteiger partial charge in [-0.15, -0.1) is 0 Å². The Morgan fingerprint density at radius 2 is 1.85 bits per heavy atom. The number of nitrogens with one attached hydrogen (secondary N) is 1. The zero-order chi connectivity index (χ0) is 14.7. The number of amides is 1. The summed E-state index contributed by atoms with van der Waals surface area (Å²) in [6, 6.07) is 14.1. The van der Waals surface area contributed by atoms with Crippen molar-refractivity contribution < 1.29 is 4.79 Å². The van der Waals surface area contributed by atoms with Gasteiger partial charge in [-0.3, -0.25) is 4.79 Å². The van der Waals surface area contributed by atoms with Crippen LogP contribution in [0.3, 0.4) is 0 Å². The highest BCUT2D eigenvalue weighted by Gasteiger charge is 2.11. The third-order valence-electron chi connectivity index (χ3n) is 3.51. The SMILES string of the molecule is Cc1cccc(C(C)Nc2cccc(C(N)=O)c2C)c1. The second kappa shape index (κ2) is 5.78. The predicted molar refractivity (Wildman–Crippen MR) is 82.9 cm³/mol. The van der Waals surface area contributed by atoms with E-state index in [9.17, 15) is 4.79 Å². The maximum absolute atomic E-state index is 11.4. The van der Waals surface area contributed by atoms with Gasteiger partial charge < -0.3 is 11.1 Å². The van der Waals surface area contributed by atoms with Gasteiger partial charge in [-0.05, 0) is 44.0 Å². The van der Waals surface area contributed by atoms with Crippen molar-refractivity contribution in [1.82, 2.24) is 0 Å². The number of aryl methyl sites for hydroxylation is 1. The number of primary amides is 1. The second-order valence-corrected chi connectivity index (χ2v) is 5.12. The van der Waals surface area contributed by atoms with Crippen molar-refractivity contribution in [3.63, 3.8) is 0 Å². The monoisotopic (exact) mass is 268 g/mol. The third-order valence-corrected chi connectivity index (χ3v) is 3.51. The summed E-state index contributed by atoms with van der Waals surface area (Å²) in [7, 11) is 0. The quantitative estimate of drug-likeness (QED) is 0.890. The van der Waals surface area contributed by atoms with Gasteiger partial charge in [-0.25, -0.2) is 0 Å². The third kappa shape index (κ3) is 2.99. The minimum Gasteiger partial charge on any atom is -0.378 e. The molecule has 0 aliphatic carbocycles. The molecule has 0 aliphatic rings. The van der Waals surface area contributed by atoms with Crippen LogP contribution in [-0.4, -0.2) is 5.91 Å². The molecule has 0 heterocycles. The lowest BCUT2D eigenvalue weighted by molar-refractivity contribution is 0.1000. The number of hydrogen-bond donors (Lipinski definition) is 2. The van der Waals surface area contributed by atoms with E-state index < -0.39 is 5.91 Å². The molecule has 0 spiro atoms. The van der Waals surface area contributed by atoms with Crippen molar-refractivity contribution in [3.05, 3.63) is 64.7 Å². The zero-order valence-electron chi connectivity index (χ0n) is 12.1. The first-order valence-electron chi connectivity index (χ1n) is 6.71. The summed E-state index contributed by atoms with van der Waals surface area (Å²) in [6.07, 6.45) is 0. The summed E-state index contributed by atoms with van der Waals surface area (Å²) in [4.78, 5) is 11.4. The van der Waals surface area contributed by atoms with E-state index in [2.05, 4.69) is 43.4 Å². The largest absolute Gasteiger partial charge is 0.378 e. The molecule has 1 atom stereocenters. The predicted octanol–water partition coefficient (Wildman–Crippen LogP) is 3.58. The Kier molecular flexibility index (Phi) is 4.08. The van der Waals surface area contributed by atoms with E-state index in [-0.39, 0.29) is 6.04 Å². The van der Waals surface area contributed by atoms with Crippen LogP contribution in [-0.2, 0) is 0 Å². The van der Waals surface area contributed by atoms with Crippen LogP contribution in [0.25, 0.3) is 0 Å². The molecule has 0 aliphatic heterocycles. The summed E-state index contributed by atoms with van der Waals surface area (Å²) >= 11 is 0. The van der Waals surface area contributed by atoms with Gasteiger partial charge in [0.15, 0.2) is 0 Å². The van der Waals surface area contributed by atoms with Crippen LogP contribution in [0.1, 0.15) is 40.0 Å². The lowest BCUT2D eigenvalue weighted by Crippen LogP contribution is -2.15. The van der Waals surface area contributed by atoms with E-state index in [1.54, 1.807) is 6.07 Å². The molecule has 3 nitrogen and oxygen atoms in total. The Morgan fingerprint density at radius 1 is 1.15 bits per heavy atom. The van der Waals surface area contributed by atoms with Crippen molar-refractivity contribution in [2.24, 2.45) is 5.73 Å². The Morgan fingerprint density at radius 3 is 2.50 bits per heavy atom. The van der Waals surface area contributed by atoms with Crippen molar-refractivity contribution in [1.29, 1.82) is 0 Å². The molecule has 0 bridgehead atoms. The van der Waals surface area contributed by atoms with Crippen molar-refractivity contribution in [2.75, 3.05) is 5.32 Å². The highest BCUT2D eigenvalue weighted by Crippen LogP contribution is 2.24. The maximum Gasteiger partial charge on any atom is 0.249 e. The van der Waals surface area contributed by atoms with Gasteiger partial charge in [0.25, 0.3) is 0 Å². The Balaban J connectivity index is 2.26. The normalized spacial score (nSPS) is 11.9. The molecule has 0 aromatic heterocycles. The van der Waals surface area contributed by atoms with Crippen LogP contribution < -0.4 is 11.1 Å². The zero-order valence-corrected chi connectivity index (χ0v) is 12.1. The molecular formula is C17H20N2O. The Labute approximate surface area is 119 Å². The van der Waals surface area contributed by atoms with Crippen molar-refractivity contribution >= 4 is 11.6 Å². The standard InChI is InChI=1S/C17H20N2O/c1-11-6-4-7-14(10-11)13(3)19-16-9-5-8-15(12(16)2)17(18)20/h4-10,13,19H,1-3H3,(H2,18,20). The minimum absolute atomic E-state index is 0.164. The van der Waals surface area contributed by atoms with Gasteiger partial charge in [0.05, 0.1) is 0 Å². The fourth-order valence-corrected chi connectivity index (χ4v) is 2.31. The minimum atomic E-state index is -0.394. The van der Waals surface area contributed by atoms with Gasteiger partial charge in [0.1, 0.15) is 0 Å². The van der Waals surface area contributed by atoms with Crippen LogP contribution in [0.5, 0.6) is 0 Å².